The molecule has 0 radical (unpaired) electrons. The van der Waals surface area contributed by atoms with E-state index >= 15 is 0 Å². The van der Waals surface area contributed by atoms with E-state index in [9.17, 15) is 0 Å². The van der Waals surface area contributed by atoms with Crippen molar-refractivity contribution in [2.45, 2.75) is 44.1 Å². The fourth-order valence-corrected chi connectivity index (χ4v) is 4.11. The standard InChI is InChI=1S/C14H23N3S/c1-17-7-6-15-9-13(17)8-12-10-18-14(16-12)11-4-2-3-5-11/h10-11,13,15H,2-9H2,1H3. The molecule has 3 rings (SSSR count). The molecule has 1 unspecified atom stereocenters. The summed E-state index contributed by atoms with van der Waals surface area (Å²) in [7, 11) is 2.23. The molecular weight excluding hydrogens is 242 g/mol. The van der Waals surface area contributed by atoms with Crippen LogP contribution in [0.2, 0.25) is 0 Å². The van der Waals surface area contributed by atoms with Crippen molar-refractivity contribution in [1.82, 2.24) is 15.2 Å². The first kappa shape index (κ1) is 12.6. The lowest BCUT2D eigenvalue weighted by molar-refractivity contribution is 0.198. The molecule has 1 aliphatic heterocycles. The van der Waals surface area contributed by atoms with Crippen molar-refractivity contribution in [2.24, 2.45) is 0 Å². The molecule has 1 N–H and O–H groups in total. The summed E-state index contributed by atoms with van der Waals surface area (Å²) < 4.78 is 0. The van der Waals surface area contributed by atoms with Crippen molar-refractivity contribution >= 4 is 11.3 Å². The van der Waals surface area contributed by atoms with Gasteiger partial charge in [-0.1, -0.05) is 12.8 Å². The van der Waals surface area contributed by atoms with Crippen molar-refractivity contribution in [2.75, 3.05) is 26.7 Å². The maximum Gasteiger partial charge on any atom is 0.0959 e. The van der Waals surface area contributed by atoms with Gasteiger partial charge < -0.3 is 10.2 Å². The van der Waals surface area contributed by atoms with Crippen molar-refractivity contribution in [3.8, 4) is 0 Å². The van der Waals surface area contributed by atoms with Crippen LogP contribution in [-0.2, 0) is 6.42 Å². The zero-order valence-electron chi connectivity index (χ0n) is 11.2. The molecule has 4 heteroatoms. The Labute approximate surface area is 114 Å². The highest BCUT2D eigenvalue weighted by molar-refractivity contribution is 7.09. The quantitative estimate of drug-likeness (QED) is 0.908. The van der Waals surface area contributed by atoms with Crippen LogP contribution in [0.4, 0.5) is 0 Å². The average molecular weight is 265 g/mol. The zero-order valence-corrected chi connectivity index (χ0v) is 12.0. The highest BCUT2D eigenvalue weighted by atomic mass is 32.1. The lowest BCUT2D eigenvalue weighted by Gasteiger charge is -2.32. The fraction of sp³-hybridized carbons (Fsp3) is 0.786. The zero-order chi connectivity index (χ0) is 12.4. The molecule has 1 aromatic rings. The van der Waals surface area contributed by atoms with Crippen LogP contribution in [0, 0.1) is 0 Å². The lowest BCUT2D eigenvalue weighted by atomic mass is 10.1. The molecule has 1 saturated carbocycles. The van der Waals surface area contributed by atoms with Crippen LogP contribution in [-0.4, -0.2) is 42.6 Å². The van der Waals surface area contributed by atoms with E-state index in [1.54, 1.807) is 0 Å². The van der Waals surface area contributed by atoms with E-state index in [1.165, 1.54) is 36.4 Å². The van der Waals surface area contributed by atoms with E-state index < -0.39 is 0 Å². The number of piperazine rings is 1. The second kappa shape index (κ2) is 5.68. The molecular formula is C14H23N3S. The summed E-state index contributed by atoms with van der Waals surface area (Å²) in [6.45, 7) is 3.38. The van der Waals surface area contributed by atoms with Gasteiger partial charge in [0.05, 0.1) is 10.7 Å². The average Bonchev–Trinajstić information content (AvgIpc) is 3.02. The van der Waals surface area contributed by atoms with E-state index in [0.717, 1.165) is 32.0 Å². The number of nitrogens with zero attached hydrogens (tertiary/aromatic N) is 2. The number of aromatic nitrogens is 1. The summed E-state index contributed by atoms with van der Waals surface area (Å²) in [6.07, 6.45) is 6.62. The molecule has 3 nitrogen and oxygen atoms in total. The Balaban J connectivity index is 1.62. The molecule has 2 heterocycles. The van der Waals surface area contributed by atoms with Crippen LogP contribution in [0.5, 0.6) is 0 Å². The molecule has 0 spiro atoms. The van der Waals surface area contributed by atoms with Gasteiger partial charge in [0.1, 0.15) is 0 Å². The summed E-state index contributed by atoms with van der Waals surface area (Å²) in [4.78, 5) is 7.35. The van der Waals surface area contributed by atoms with Crippen LogP contribution >= 0.6 is 11.3 Å². The van der Waals surface area contributed by atoms with Gasteiger partial charge in [-0.15, -0.1) is 11.3 Å². The Morgan fingerprint density at radius 3 is 3.06 bits per heavy atom. The number of rotatable bonds is 3. The summed E-state index contributed by atoms with van der Waals surface area (Å²) in [5.74, 6) is 0.769. The molecule has 100 valence electrons. The Hall–Kier alpha value is -0.450. The maximum absolute atomic E-state index is 4.88. The lowest BCUT2D eigenvalue weighted by Crippen LogP contribution is -2.50. The first-order valence-corrected chi connectivity index (χ1v) is 8.06. The molecule has 0 amide bonds. The minimum absolute atomic E-state index is 0.622. The van der Waals surface area contributed by atoms with Gasteiger partial charge in [0.2, 0.25) is 0 Å². The van der Waals surface area contributed by atoms with Crippen molar-refractivity contribution in [1.29, 1.82) is 0 Å². The first-order valence-electron chi connectivity index (χ1n) is 7.18. The largest absolute Gasteiger partial charge is 0.314 e. The monoisotopic (exact) mass is 265 g/mol. The van der Waals surface area contributed by atoms with Crippen LogP contribution in [0.15, 0.2) is 5.38 Å². The first-order chi connectivity index (χ1) is 8.83. The Kier molecular flexibility index (Phi) is 3.97. The van der Waals surface area contributed by atoms with Crippen molar-refractivity contribution in [3.63, 3.8) is 0 Å². The smallest absolute Gasteiger partial charge is 0.0959 e. The van der Waals surface area contributed by atoms with E-state index in [-0.39, 0.29) is 0 Å². The second-order valence-electron chi connectivity index (χ2n) is 5.70. The number of hydrogen-bond acceptors (Lipinski definition) is 4. The summed E-state index contributed by atoms with van der Waals surface area (Å²) >= 11 is 1.89. The van der Waals surface area contributed by atoms with E-state index in [4.69, 9.17) is 4.98 Å². The van der Waals surface area contributed by atoms with Gasteiger partial charge in [-0.05, 0) is 19.9 Å². The predicted molar refractivity (Wildman–Crippen MR) is 76.3 cm³/mol. The number of hydrogen-bond donors (Lipinski definition) is 1. The minimum atomic E-state index is 0.622. The van der Waals surface area contributed by atoms with Gasteiger partial charge in [0.25, 0.3) is 0 Å². The number of nitrogens with one attached hydrogen (secondary N) is 1. The second-order valence-corrected chi connectivity index (χ2v) is 6.59. The molecule has 0 bridgehead atoms. The van der Waals surface area contributed by atoms with Crippen LogP contribution in [0.3, 0.4) is 0 Å². The highest BCUT2D eigenvalue weighted by Gasteiger charge is 2.23. The van der Waals surface area contributed by atoms with E-state index in [0.29, 0.717) is 6.04 Å². The van der Waals surface area contributed by atoms with Gasteiger partial charge in [-0.3, -0.25) is 0 Å². The van der Waals surface area contributed by atoms with Crippen LogP contribution in [0.25, 0.3) is 0 Å². The molecule has 1 saturated heterocycles. The Morgan fingerprint density at radius 1 is 1.44 bits per heavy atom. The number of thiazole rings is 1. The van der Waals surface area contributed by atoms with Gasteiger partial charge in [0, 0.05) is 43.4 Å². The Morgan fingerprint density at radius 2 is 2.28 bits per heavy atom. The van der Waals surface area contributed by atoms with Crippen molar-refractivity contribution < 1.29 is 0 Å². The Bertz CT molecular complexity index is 384. The van der Waals surface area contributed by atoms with Crippen LogP contribution < -0.4 is 5.32 Å². The van der Waals surface area contributed by atoms with Gasteiger partial charge in [0.15, 0.2) is 0 Å². The van der Waals surface area contributed by atoms with Gasteiger partial charge >= 0.3 is 0 Å². The van der Waals surface area contributed by atoms with Crippen LogP contribution in [0.1, 0.15) is 42.3 Å². The molecule has 1 atom stereocenters. The van der Waals surface area contributed by atoms with Crippen molar-refractivity contribution in [3.05, 3.63) is 16.1 Å². The van der Waals surface area contributed by atoms with E-state index in [1.807, 2.05) is 11.3 Å². The van der Waals surface area contributed by atoms with E-state index in [2.05, 4.69) is 22.6 Å². The molecule has 1 aromatic heterocycles. The van der Waals surface area contributed by atoms with Gasteiger partial charge in [-0.25, -0.2) is 4.98 Å². The fourth-order valence-electron chi connectivity index (χ4n) is 3.11. The summed E-state index contributed by atoms with van der Waals surface area (Å²) in [5, 5.41) is 7.17. The molecule has 2 fully saturated rings. The number of likely N-dealkylation sites (N-methyl/N-ethyl adjacent to an activating group) is 1. The molecule has 1 aliphatic carbocycles. The third-order valence-corrected chi connectivity index (χ3v) is 5.42. The third-order valence-electron chi connectivity index (χ3n) is 4.36. The highest BCUT2D eigenvalue weighted by Crippen LogP contribution is 2.35. The predicted octanol–water partition coefficient (Wildman–Crippen LogP) is 2.25. The summed E-state index contributed by atoms with van der Waals surface area (Å²) in [6, 6.07) is 0.622. The third kappa shape index (κ3) is 2.76. The SMILES string of the molecule is CN1CCNCC1Cc1csc(C2CCCC2)n1. The normalized spacial score (nSPS) is 26.8. The molecule has 2 aliphatic rings. The maximum atomic E-state index is 4.88. The molecule has 18 heavy (non-hydrogen) atoms. The molecule has 0 aromatic carbocycles. The van der Waals surface area contributed by atoms with Gasteiger partial charge in [-0.2, -0.15) is 0 Å². The minimum Gasteiger partial charge on any atom is -0.314 e. The topological polar surface area (TPSA) is 28.2 Å². The summed E-state index contributed by atoms with van der Waals surface area (Å²) in [5.41, 5.74) is 1.31.